The summed E-state index contributed by atoms with van der Waals surface area (Å²) in [6, 6.07) is 1.45. The molecule has 4 rings (SSSR count). The number of nitrogens with one attached hydrogen (secondary N) is 1. The monoisotopic (exact) mass is 385 g/mol. The Bertz CT molecular complexity index is 1040. The third-order valence-electron chi connectivity index (χ3n) is 5.44. The zero-order valence-electron chi connectivity index (χ0n) is 16.3. The quantitative estimate of drug-likeness (QED) is 0.823. The van der Waals surface area contributed by atoms with Crippen LogP contribution in [0.4, 0.5) is 10.1 Å². The second-order valence-corrected chi connectivity index (χ2v) is 7.42. The maximum absolute atomic E-state index is 15.2. The number of hydrogen-bond donors (Lipinski definition) is 1. The van der Waals surface area contributed by atoms with Crippen LogP contribution in [-0.2, 0) is 4.74 Å². The van der Waals surface area contributed by atoms with Crippen LogP contribution in [0.3, 0.4) is 0 Å². The van der Waals surface area contributed by atoms with Gasteiger partial charge in [-0.25, -0.2) is 9.18 Å². The van der Waals surface area contributed by atoms with Crippen molar-refractivity contribution in [1.29, 1.82) is 0 Å². The summed E-state index contributed by atoms with van der Waals surface area (Å²) in [4.78, 5) is 27.2. The minimum Gasteiger partial charge on any atom is -0.462 e. The predicted molar refractivity (Wildman–Crippen MR) is 108 cm³/mol. The first-order valence-corrected chi connectivity index (χ1v) is 9.67. The first kappa shape index (κ1) is 18.7. The van der Waals surface area contributed by atoms with E-state index in [9.17, 15) is 9.59 Å². The smallest absolute Gasteiger partial charge is 0.343 e. The molecule has 0 radical (unpaired) electrons. The van der Waals surface area contributed by atoms with E-state index in [0.717, 1.165) is 6.54 Å². The Labute approximate surface area is 162 Å². The molecule has 0 aliphatic carbocycles. The molecule has 0 amide bonds. The van der Waals surface area contributed by atoms with Crippen molar-refractivity contribution in [1.82, 2.24) is 9.88 Å². The second kappa shape index (κ2) is 7.05. The van der Waals surface area contributed by atoms with E-state index in [1.807, 2.05) is 28.5 Å². The topological polar surface area (TPSA) is 63.6 Å². The molecule has 3 heterocycles. The maximum Gasteiger partial charge on any atom is 0.343 e. The number of hydrogen-bond acceptors (Lipinski definition) is 5. The van der Waals surface area contributed by atoms with Gasteiger partial charge in [0.15, 0.2) is 0 Å². The van der Waals surface area contributed by atoms with E-state index >= 15 is 4.39 Å². The number of carbonyl (C=O) groups is 1. The third kappa shape index (κ3) is 2.90. The number of anilines is 1. The average molecular weight is 385 g/mol. The van der Waals surface area contributed by atoms with Crippen LogP contribution in [0.5, 0.6) is 0 Å². The zero-order valence-corrected chi connectivity index (χ0v) is 16.3. The molecular weight excluding hydrogens is 361 g/mol. The van der Waals surface area contributed by atoms with Crippen LogP contribution in [0, 0.1) is 5.82 Å². The van der Waals surface area contributed by atoms with Gasteiger partial charge >= 0.3 is 5.97 Å². The van der Waals surface area contributed by atoms with Gasteiger partial charge in [0, 0.05) is 43.5 Å². The van der Waals surface area contributed by atoms with Crippen LogP contribution in [0.1, 0.15) is 42.7 Å². The van der Waals surface area contributed by atoms with E-state index in [1.54, 1.807) is 13.1 Å². The fraction of sp³-hybridized carbons (Fsp3) is 0.429. The van der Waals surface area contributed by atoms with Crippen molar-refractivity contribution < 1.29 is 13.9 Å². The first-order valence-electron chi connectivity index (χ1n) is 9.67. The van der Waals surface area contributed by atoms with Crippen LogP contribution in [0.2, 0.25) is 0 Å². The number of rotatable bonds is 3. The normalized spacial score (nSPS) is 21.2. The van der Waals surface area contributed by atoms with E-state index in [2.05, 4.69) is 12.2 Å². The largest absolute Gasteiger partial charge is 0.462 e. The van der Waals surface area contributed by atoms with Crippen molar-refractivity contribution >= 4 is 28.6 Å². The Balaban J connectivity index is 1.99. The highest BCUT2D eigenvalue weighted by Gasteiger charge is 2.28. The predicted octanol–water partition coefficient (Wildman–Crippen LogP) is 2.70. The van der Waals surface area contributed by atoms with Gasteiger partial charge < -0.3 is 19.5 Å². The van der Waals surface area contributed by atoms with E-state index in [0.29, 0.717) is 29.9 Å². The van der Waals surface area contributed by atoms with Crippen molar-refractivity contribution in [3.63, 3.8) is 0 Å². The molecule has 2 aliphatic heterocycles. The number of nitrogens with zero attached hydrogens (tertiary/aromatic N) is 2. The summed E-state index contributed by atoms with van der Waals surface area (Å²) in [6.45, 7) is 8.03. The fourth-order valence-corrected chi connectivity index (χ4v) is 4.13. The molecule has 1 saturated heterocycles. The molecule has 7 heteroatoms. The minimum absolute atomic E-state index is 0.0644. The summed E-state index contributed by atoms with van der Waals surface area (Å²) < 4.78 is 22.1. The summed E-state index contributed by atoms with van der Waals surface area (Å²) in [6.07, 6.45) is 5.39. The molecule has 2 aliphatic rings. The standard InChI is InChI=1S/C21H24FN3O3/c1-4-28-21(27)16-11-25-13(3)5-6-14-18(25)15(20(16)26)9-17(22)19(14)24-8-7-23-12(2)10-24/h5-6,9,11-13,23H,4,7-8,10H2,1-3H3. The molecule has 28 heavy (non-hydrogen) atoms. The Hall–Kier alpha value is -2.67. The lowest BCUT2D eigenvalue weighted by Crippen LogP contribution is -2.49. The molecule has 6 nitrogen and oxygen atoms in total. The molecule has 1 N–H and O–H groups in total. The lowest BCUT2D eigenvalue weighted by Gasteiger charge is -2.36. The van der Waals surface area contributed by atoms with Crippen molar-refractivity contribution in [3.8, 4) is 0 Å². The van der Waals surface area contributed by atoms with Gasteiger partial charge in [0.05, 0.1) is 23.2 Å². The number of pyridine rings is 1. The highest BCUT2D eigenvalue weighted by atomic mass is 19.1. The fourth-order valence-electron chi connectivity index (χ4n) is 4.13. The number of carbonyl (C=O) groups excluding carboxylic acids is 1. The molecule has 0 bridgehead atoms. The highest BCUT2D eigenvalue weighted by Crippen LogP contribution is 2.37. The summed E-state index contributed by atoms with van der Waals surface area (Å²) in [5.74, 6) is -1.12. The molecular formula is C21H24FN3O3. The number of piperazine rings is 1. The molecule has 2 atom stereocenters. The Morgan fingerprint density at radius 3 is 2.89 bits per heavy atom. The Morgan fingerprint density at radius 1 is 1.39 bits per heavy atom. The van der Waals surface area contributed by atoms with Crippen LogP contribution in [0.15, 0.2) is 23.1 Å². The molecule has 1 aromatic heterocycles. The summed E-state index contributed by atoms with van der Waals surface area (Å²) in [5.41, 5.74) is 1.31. The maximum atomic E-state index is 15.2. The van der Waals surface area contributed by atoms with Crippen molar-refractivity contribution in [3.05, 3.63) is 45.5 Å². The lowest BCUT2D eigenvalue weighted by atomic mass is 9.98. The SMILES string of the molecule is CCOC(=O)c1cn2c3c(c(N4CCNC(C)C4)c(F)cc3c1=O)C=CC2C. The van der Waals surface area contributed by atoms with Gasteiger partial charge in [0.2, 0.25) is 5.43 Å². The summed E-state index contributed by atoms with van der Waals surface area (Å²) >= 11 is 0. The summed E-state index contributed by atoms with van der Waals surface area (Å²) in [5, 5.41) is 3.57. The van der Waals surface area contributed by atoms with E-state index in [4.69, 9.17) is 4.74 Å². The third-order valence-corrected chi connectivity index (χ3v) is 5.44. The van der Waals surface area contributed by atoms with Crippen molar-refractivity contribution in [2.45, 2.75) is 32.9 Å². The van der Waals surface area contributed by atoms with Crippen LogP contribution in [-0.4, -0.2) is 42.8 Å². The lowest BCUT2D eigenvalue weighted by molar-refractivity contribution is 0.0524. The Morgan fingerprint density at radius 2 is 2.18 bits per heavy atom. The molecule has 0 saturated carbocycles. The van der Waals surface area contributed by atoms with Gasteiger partial charge in [-0.2, -0.15) is 0 Å². The summed E-state index contributed by atoms with van der Waals surface area (Å²) in [7, 11) is 0. The van der Waals surface area contributed by atoms with Gasteiger partial charge in [-0.05, 0) is 26.8 Å². The molecule has 1 aromatic carbocycles. The molecule has 2 aromatic rings. The van der Waals surface area contributed by atoms with Gasteiger partial charge in [-0.15, -0.1) is 0 Å². The van der Waals surface area contributed by atoms with Gasteiger partial charge in [0.25, 0.3) is 0 Å². The molecule has 148 valence electrons. The van der Waals surface area contributed by atoms with E-state index in [1.165, 1.54) is 6.07 Å². The van der Waals surface area contributed by atoms with E-state index in [-0.39, 0.29) is 29.6 Å². The zero-order chi connectivity index (χ0) is 20.0. The van der Waals surface area contributed by atoms with Crippen LogP contribution < -0.4 is 15.6 Å². The van der Waals surface area contributed by atoms with Gasteiger partial charge in [0.1, 0.15) is 11.4 Å². The number of halogens is 1. The van der Waals surface area contributed by atoms with Gasteiger partial charge in [-0.1, -0.05) is 12.2 Å². The number of benzene rings is 1. The highest BCUT2D eigenvalue weighted by molar-refractivity contribution is 5.99. The molecule has 2 unspecified atom stereocenters. The van der Waals surface area contributed by atoms with Crippen LogP contribution >= 0.6 is 0 Å². The van der Waals surface area contributed by atoms with Gasteiger partial charge in [-0.3, -0.25) is 4.79 Å². The number of aromatic nitrogens is 1. The molecule has 0 spiro atoms. The minimum atomic E-state index is -0.679. The van der Waals surface area contributed by atoms with E-state index < -0.39 is 17.2 Å². The number of allylic oxidation sites excluding steroid dienone is 1. The number of esters is 1. The average Bonchev–Trinajstić information content (AvgIpc) is 2.66. The second-order valence-electron chi connectivity index (χ2n) is 7.42. The molecule has 1 fully saturated rings. The first-order chi connectivity index (χ1) is 13.4. The number of ether oxygens (including phenoxy) is 1. The Kier molecular flexibility index (Phi) is 4.71. The van der Waals surface area contributed by atoms with Crippen LogP contribution in [0.25, 0.3) is 17.0 Å². The van der Waals surface area contributed by atoms with Crippen molar-refractivity contribution in [2.75, 3.05) is 31.1 Å². The van der Waals surface area contributed by atoms with Crippen molar-refractivity contribution in [2.24, 2.45) is 0 Å².